The van der Waals surface area contributed by atoms with Crippen LogP contribution in [0.5, 0.6) is 0 Å². The number of pyridine rings is 1. The van der Waals surface area contributed by atoms with Crippen molar-refractivity contribution in [3.63, 3.8) is 0 Å². The summed E-state index contributed by atoms with van der Waals surface area (Å²) in [6.45, 7) is 8.18. The molecule has 2 atom stereocenters. The van der Waals surface area contributed by atoms with Gasteiger partial charge in [-0.3, -0.25) is 9.78 Å². The number of carboxylic acid groups (broad SMARTS) is 1. The van der Waals surface area contributed by atoms with E-state index in [1.165, 1.54) is 5.56 Å². The van der Waals surface area contributed by atoms with Crippen molar-refractivity contribution in [2.24, 2.45) is 11.3 Å². The molecule has 0 radical (unpaired) electrons. The van der Waals surface area contributed by atoms with Crippen LogP contribution in [0.2, 0.25) is 0 Å². The summed E-state index contributed by atoms with van der Waals surface area (Å²) in [6, 6.07) is 4.00. The largest absolute Gasteiger partial charge is 0.481 e. The second-order valence-electron chi connectivity index (χ2n) is 5.67. The molecule has 3 heteroatoms. The third kappa shape index (κ3) is 3.56. The second-order valence-corrected chi connectivity index (χ2v) is 5.67. The quantitative estimate of drug-likeness (QED) is 0.836. The first-order valence-corrected chi connectivity index (χ1v) is 6.51. The molecule has 0 saturated heterocycles. The summed E-state index contributed by atoms with van der Waals surface area (Å²) < 4.78 is 0. The number of hydrogen-bond donors (Lipinski definition) is 1. The zero-order valence-electron chi connectivity index (χ0n) is 11.7. The van der Waals surface area contributed by atoms with Gasteiger partial charge in [0, 0.05) is 12.4 Å². The third-order valence-corrected chi connectivity index (χ3v) is 3.76. The molecule has 2 unspecified atom stereocenters. The molecule has 0 bridgehead atoms. The lowest BCUT2D eigenvalue weighted by Crippen LogP contribution is -2.31. The van der Waals surface area contributed by atoms with Gasteiger partial charge >= 0.3 is 5.97 Å². The van der Waals surface area contributed by atoms with Crippen LogP contribution in [0.15, 0.2) is 24.5 Å². The first-order chi connectivity index (χ1) is 8.38. The van der Waals surface area contributed by atoms with Crippen LogP contribution < -0.4 is 0 Å². The van der Waals surface area contributed by atoms with E-state index in [0.29, 0.717) is 12.3 Å². The Balaban J connectivity index is 2.79. The highest BCUT2D eigenvalue weighted by Gasteiger charge is 2.35. The van der Waals surface area contributed by atoms with Crippen LogP contribution in [0.4, 0.5) is 0 Å². The predicted molar refractivity (Wildman–Crippen MR) is 72.5 cm³/mol. The van der Waals surface area contributed by atoms with E-state index in [1.807, 2.05) is 32.9 Å². The van der Waals surface area contributed by atoms with E-state index in [9.17, 15) is 9.90 Å². The van der Waals surface area contributed by atoms with Crippen molar-refractivity contribution >= 4 is 5.97 Å². The fourth-order valence-electron chi connectivity index (χ4n) is 2.80. The molecule has 0 saturated carbocycles. The van der Waals surface area contributed by atoms with E-state index < -0.39 is 5.97 Å². The molecule has 3 nitrogen and oxygen atoms in total. The van der Waals surface area contributed by atoms with E-state index in [-0.39, 0.29) is 11.3 Å². The van der Waals surface area contributed by atoms with Crippen LogP contribution in [0.25, 0.3) is 0 Å². The van der Waals surface area contributed by atoms with E-state index >= 15 is 0 Å². The Labute approximate surface area is 109 Å². The van der Waals surface area contributed by atoms with Gasteiger partial charge in [0.05, 0.1) is 5.92 Å². The average Bonchev–Trinajstić information content (AvgIpc) is 2.29. The summed E-state index contributed by atoms with van der Waals surface area (Å²) in [5.74, 6) is -0.636. The van der Waals surface area contributed by atoms with Crippen LogP contribution >= 0.6 is 0 Å². The molecule has 0 fully saturated rings. The van der Waals surface area contributed by atoms with E-state index in [0.717, 1.165) is 6.42 Å². The highest BCUT2D eigenvalue weighted by molar-refractivity contribution is 5.70. The lowest BCUT2D eigenvalue weighted by molar-refractivity contribution is -0.146. The van der Waals surface area contributed by atoms with E-state index in [4.69, 9.17) is 0 Å². The highest BCUT2D eigenvalue weighted by Crippen LogP contribution is 2.39. The summed E-state index contributed by atoms with van der Waals surface area (Å²) >= 11 is 0. The summed E-state index contributed by atoms with van der Waals surface area (Å²) in [5.41, 5.74) is 1.02. The Bertz CT molecular complexity index is 387. The minimum absolute atomic E-state index is 0.205. The van der Waals surface area contributed by atoms with E-state index in [1.54, 1.807) is 12.4 Å². The summed E-state index contributed by atoms with van der Waals surface area (Å²) in [6.07, 6.45) is 5.11. The third-order valence-electron chi connectivity index (χ3n) is 3.76. The van der Waals surface area contributed by atoms with Crippen LogP contribution in [-0.2, 0) is 4.79 Å². The van der Waals surface area contributed by atoms with Gasteiger partial charge < -0.3 is 5.11 Å². The Kier molecular flexibility index (Phi) is 4.88. The lowest BCUT2D eigenvalue weighted by Gasteiger charge is -2.33. The van der Waals surface area contributed by atoms with Gasteiger partial charge in [0.1, 0.15) is 0 Å². The van der Waals surface area contributed by atoms with Gasteiger partial charge in [0.25, 0.3) is 0 Å². The summed E-state index contributed by atoms with van der Waals surface area (Å²) in [4.78, 5) is 15.3. The van der Waals surface area contributed by atoms with Crippen molar-refractivity contribution in [1.29, 1.82) is 0 Å². The SMILES string of the molecule is CCC(C(=O)O)C(C)(C)CC(C)c1ccncc1. The molecule has 1 aromatic heterocycles. The number of carboxylic acids is 1. The van der Waals surface area contributed by atoms with Crippen molar-refractivity contribution in [3.8, 4) is 0 Å². The molecule has 0 aliphatic rings. The minimum atomic E-state index is -0.690. The van der Waals surface area contributed by atoms with Crippen LogP contribution in [0.1, 0.15) is 52.0 Å². The van der Waals surface area contributed by atoms with Crippen LogP contribution in [0.3, 0.4) is 0 Å². The molecule has 0 aliphatic carbocycles. The van der Waals surface area contributed by atoms with Gasteiger partial charge in [0.15, 0.2) is 0 Å². The molecule has 1 rings (SSSR count). The van der Waals surface area contributed by atoms with Gasteiger partial charge in [-0.15, -0.1) is 0 Å². The molecule has 0 spiro atoms. The molecule has 0 amide bonds. The molecular formula is C15H23NO2. The van der Waals surface area contributed by atoms with Crippen molar-refractivity contribution < 1.29 is 9.90 Å². The van der Waals surface area contributed by atoms with Gasteiger partial charge in [0.2, 0.25) is 0 Å². The van der Waals surface area contributed by atoms with Crippen molar-refractivity contribution in [2.75, 3.05) is 0 Å². The Hall–Kier alpha value is -1.38. The lowest BCUT2D eigenvalue weighted by atomic mass is 9.71. The smallest absolute Gasteiger partial charge is 0.307 e. The molecule has 100 valence electrons. The number of rotatable bonds is 6. The summed E-state index contributed by atoms with van der Waals surface area (Å²) in [7, 11) is 0. The average molecular weight is 249 g/mol. The number of nitrogens with zero attached hydrogens (tertiary/aromatic N) is 1. The molecule has 1 N–H and O–H groups in total. The number of carbonyl (C=O) groups is 1. The van der Waals surface area contributed by atoms with Crippen LogP contribution in [-0.4, -0.2) is 16.1 Å². The van der Waals surface area contributed by atoms with E-state index in [2.05, 4.69) is 11.9 Å². The van der Waals surface area contributed by atoms with Crippen molar-refractivity contribution in [3.05, 3.63) is 30.1 Å². The zero-order chi connectivity index (χ0) is 13.8. The maximum atomic E-state index is 11.3. The Morgan fingerprint density at radius 1 is 1.39 bits per heavy atom. The normalized spacial score (nSPS) is 15.1. The number of hydrogen-bond acceptors (Lipinski definition) is 2. The van der Waals surface area contributed by atoms with Gasteiger partial charge in [-0.05, 0) is 41.9 Å². The predicted octanol–water partition coefficient (Wildman–Crippen LogP) is 3.71. The van der Waals surface area contributed by atoms with Gasteiger partial charge in [-0.1, -0.05) is 27.7 Å². The molecule has 0 aromatic carbocycles. The van der Waals surface area contributed by atoms with Crippen molar-refractivity contribution in [2.45, 2.75) is 46.5 Å². The fourth-order valence-corrected chi connectivity index (χ4v) is 2.80. The maximum absolute atomic E-state index is 11.3. The number of aromatic nitrogens is 1. The summed E-state index contributed by atoms with van der Waals surface area (Å²) in [5, 5.41) is 9.28. The Morgan fingerprint density at radius 2 is 1.94 bits per heavy atom. The zero-order valence-corrected chi connectivity index (χ0v) is 11.7. The Morgan fingerprint density at radius 3 is 2.39 bits per heavy atom. The second kappa shape index (κ2) is 5.98. The maximum Gasteiger partial charge on any atom is 0.307 e. The number of aliphatic carboxylic acids is 1. The molecule has 1 heterocycles. The molecular weight excluding hydrogens is 226 g/mol. The van der Waals surface area contributed by atoms with Gasteiger partial charge in [-0.25, -0.2) is 0 Å². The molecule has 0 aliphatic heterocycles. The topological polar surface area (TPSA) is 50.2 Å². The minimum Gasteiger partial charge on any atom is -0.481 e. The highest BCUT2D eigenvalue weighted by atomic mass is 16.4. The van der Waals surface area contributed by atoms with Gasteiger partial charge in [-0.2, -0.15) is 0 Å². The fraction of sp³-hybridized carbons (Fsp3) is 0.600. The molecule has 1 aromatic rings. The monoisotopic (exact) mass is 249 g/mol. The van der Waals surface area contributed by atoms with Crippen molar-refractivity contribution in [1.82, 2.24) is 4.98 Å². The first-order valence-electron chi connectivity index (χ1n) is 6.51. The first kappa shape index (κ1) is 14.7. The standard InChI is InChI=1S/C15H23NO2/c1-5-13(14(17)18)15(3,4)10-11(2)12-6-8-16-9-7-12/h6-9,11,13H,5,10H2,1-4H3,(H,17,18). The molecule has 18 heavy (non-hydrogen) atoms. The van der Waals surface area contributed by atoms with Crippen LogP contribution in [0, 0.1) is 11.3 Å².